The van der Waals surface area contributed by atoms with Crippen LogP contribution in [0.25, 0.3) is 0 Å². The molecule has 0 unspecified atom stereocenters. The van der Waals surface area contributed by atoms with E-state index in [0.717, 1.165) is 30.2 Å². The van der Waals surface area contributed by atoms with Crippen molar-refractivity contribution in [2.45, 2.75) is 12.8 Å². The number of pyridine rings is 2. The van der Waals surface area contributed by atoms with Crippen molar-refractivity contribution in [2.24, 2.45) is 0 Å². The molecule has 4 nitrogen and oxygen atoms in total. The van der Waals surface area contributed by atoms with Gasteiger partial charge in [0.2, 0.25) is 0 Å². The molecule has 0 fully saturated rings. The van der Waals surface area contributed by atoms with E-state index in [2.05, 4.69) is 94.8 Å². The summed E-state index contributed by atoms with van der Waals surface area (Å²) in [6, 6.07) is 25.7. The highest BCUT2D eigenvalue weighted by Crippen LogP contribution is 2.41. The van der Waals surface area contributed by atoms with Gasteiger partial charge in [0, 0.05) is 35.2 Å². The fourth-order valence-corrected chi connectivity index (χ4v) is 5.48. The van der Waals surface area contributed by atoms with Crippen molar-refractivity contribution in [1.29, 1.82) is 0 Å². The molecule has 0 radical (unpaired) electrons. The van der Waals surface area contributed by atoms with E-state index in [4.69, 9.17) is 9.97 Å². The van der Waals surface area contributed by atoms with E-state index >= 15 is 0 Å². The second kappa shape index (κ2) is 7.21. The van der Waals surface area contributed by atoms with Crippen molar-refractivity contribution in [1.82, 2.24) is 9.97 Å². The van der Waals surface area contributed by atoms with Gasteiger partial charge in [0.1, 0.15) is 11.6 Å². The third-order valence-electron chi connectivity index (χ3n) is 6.80. The molecule has 156 valence electrons. The minimum Gasteiger partial charge on any atom is -0.300 e. The molecular weight excluding hydrogens is 403 g/mol. The topological polar surface area (TPSA) is 32.3 Å². The lowest BCUT2D eigenvalue weighted by Gasteiger charge is -2.43. The van der Waals surface area contributed by atoms with Crippen LogP contribution < -0.4 is 26.2 Å². The van der Waals surface area contributed by atoms with Gasteiger partial charge in [-0.1, -0.05) is 48.6 Å². The first-order valence-corrected chi connectivity index (χ1v) is 11.5. The third-order valence-corrected chi connectivity index (χ3v) is 6.80. The van der Waals surface area contributed by atoms with Crippen LogP contribution in [0.15, 0.2) is 109 Å². The number of para-hydroxylation sites is 1. The normalized spacial score (nSPS) is 15.5. The average Bonchev–Trinajstić information content (AvgIpc) is 2.89. The van der Waals surface area contributed by atoms with Gasteiger partial charge < -0.3 is 0 Å². The molecule has 0 N–H and O–H groups in total. The van der Waals surface area contributed by atoms with E-state index in [1.54, 1.807) is 0 Å². The van der Waals surface area contributed by atoms with Gasteiger partial charge >= 0.3 is 0 Å². The Kier molecular flexibility index (Phi) is 4.03. The van der Waals surface area contributed by atoms with Crippen LogP contribution >= 0.6 is 0 Å². The van der Waals surface area contributed by atoms with E-state index in [1.807, 2.05) is 18.5 Å². The molecule has 2 aromatic carbocycles. The zero-order valence-electron chi connectivity index (χ0n) is 18.1. The van der Waals surface area contributed by atoms with E-state index in [1.165, 1.54) is 33.5 Å². The predicted octanol–water partition coefficient (Wildman–Crippen LogP) is 4.46. The van der Waals surface area contributed by atoms with Crippen LogP contribution in [0.1, 0.15) is 12.8 Å². The van der Waals surface area contributed by atoms with Crippen molar-refractivity contribution in [3.8, 4) is 0 Å². The van der Waals surface area contributed by atoms with Gasteiger partial charge in [-0.25, -0.2) is 9.97 Å². The molecule has 33 heavy (non-hydrogen) atoms. The zero-order chi connectivity index (χ0) is 21.8. The quantitative estimate of drug-likeness (QED) is 0.392. The molecular formula is C28H21BN4. The molecule has 2 aromatic heterocycles. The molecule has 0 saturated carbocycles. The lowest BCUT2D eigenvalue weighted by atomic mass is 9.34. The van der Waals surface area contributed by atoms with Gasteiger partial charge in [0.25, 0.3) is 6.71 Å². The Balaban J connectivity index is 1.56. The van der Waals surface area contributed by atoms with E-state index < -0.39 is 0 Å². The summed E-state index contributed by atoms with van der Waals surface area (Å²) < 4.78 is 0. The summed E-state index contributed by atoms with van der Waals surface area (Å²) in [6.45, 7) is 0.0968. The first kappa shape index (κ1) is 18.5. The number of allylic oxidation sites excluding steroid dienone is 4. The molecule has 1 aliphatic carbocycles. The maximum absolute atomic E-state index is 4.90. The number of nitrogens with zero attached hydrogens (tertiary/aromatic N) is 4. The highest BCUT2D eigenvalue weighted by Gasteiger charge is 2.44. The van der Waals surface area contributed by atoms with Crippen LogP contribution in [0, 0.1) is 0 Å². The monoisotopic (exact) mass is 424 g/mol. The molecule has 4 aromatic rings. The minimum atomic E-state index is 0.0968. The summed E-state index contributed by atoms with van der Waals surface area (Å²) in [7, 11) is 0. The van der Waals surface area contributed by atoms with Crippen LogP contribution in [0.5, 0.6) is 0 Å². The third kappa shape index (κ3) is 2.66. The van der Waals surface area contributed by atoms with Gasteiger partial charge in [0.05, 0.1) is 0 Å². The van der Waals surface area contributed by atoms with E-state index in [-0.39, 0.29) is 6.71 Å². The van der Waals surface area contributed by atoms with Crippen molar-refractivity contribution in [3.63, 3.8) is 0 Å². The van der Waals surface area contributed by atoms with Gasteiger partial charge in [-0.2, -0.15) is 0 Å². The Bertz CT molecular complexity index is 1440. The van der Waals surface area contributed by atoms with Gasteiger partial charge in [0.15, 0.2) is 0 Å². The molecule has 7 rings (SSSR count). The van der Waals surface area contributed by atoms with Crippen molar-refractivity contribution in [3.05, 3.63) is 109 Å². The molecule has 3 aliphatic rings. The minimum absolute atomic E-state index is 0.0968. The Morgan fingerprint density at radius 1 is 0.697 bits per heavy atom. The van der Waals surface area contributed by atoms with Crippen molar-refractivity contribution < 1.29 is 0 Å². The highest BCUT2D eigenvalue weighted by molar-refractivity contribution is 7.00. The van der Waals surface area contributed by atoms with Crippen LogP contribution in [0.2, 0.25) is 0 Å². The fourth-order valence-electron chi connectivity index (χ4n) is 5.48. The number of benzene rings is 2. The summed E-state index contributed by atoms with van der Waals surface area (Å²) in [5.74, 6) is 2.01. The van der Waals surface area contributed by atoms with Crippen LogP contribution in [0.3, 0.4) is 0 Å². The lowest BCUT2D eigenvalue weighted by Crippen LogP contribution is -2.62. The largest absolute Gasteiger partial charge is 0.300 e. The second-order valence-corrected chi connectivity index (χ2v) is 8.61. The van der Waals surface area contributed by atoms with Crippen LogP contribution in [0.4, 0.5) is 28.7 Å². The zero-order valence-corrected chi connectivity index (χ0v) is 18.1. The van der Waals surface area contributed by atoms with Crippen LogP contribution in [-0.4, -0.2) is 16.7 Å². The summed E-state index contributed by atoms with van der Waals surface area (Å²) in [6.07, 6.45) is 12.5. The first-order valence-electron chi connectivity index (χ1n) is 11.5. The number of hydrogen-bond acceptors (Lipinski definition) is 4. The Morgan fingerprint density at radius 3 is 2.09 bits per heavy atom. The molecule has 5 heteroatoms. The molecule has 2 aliphatic heterocycles. The second-order valence-electron chi connectivity index (χ2n) is 8.61. The van der Waals surface area contributed by atoms with Crippen molar-refractivity contribution >= 4 is 51.8 Å². The van der Waals surface area contributed by atoms with E-state index in [0.29, 0.717) is 0 Å². The molecule has 0 spiro atoms. The number of rotatable bonds is 2. The molecule has 4 heterocycles. The molecule has 0 saturated heterocycles. The van der Waals surface area contributed by atoms with Gasteiger partial charge in [-0.15, -0.1) is 0 Å². The predicted molar refractivity (Wildman–Crippen MR) is 136 cm³/mol. The molecule has 0 atom stereocenters. The standard InChI is InChI=1S/C28H21BN4/c1-3-10-20(11-4-1)32-24-16-7-17-25-26(24)29(22-14-8-18-30-27(22)32)23-15-9-19-31-28(23)33(25)21-12-5-2-6-13-21/h1-5,7-12,14-19H,6,13H2. The SMILES string of the molecule is C1=CCCC(N2c3cccc4c3B(c3cccnc32)c2cccnc2N4c2ccccc2)=C1. The summed E-state index contributed by atoms with van der Waals surface area (Å²) >= 11 is 0. The highest BCUT2D eigenvalue weighted by atomic mass is 15.2. The average molecular weight is 424 g/mol. The Labute approximate surface area is 193 Å². The van der Waals surface area contributed by atoms with Gasteiger partial charge in [-0.05, 0) is 71.7 Å². The fraction of sp³-hybridized carbons (Fsp3) is 0.0714. The summed E-state index contributed by atoms with van der Waals surface area (Å²) in [5.41, 5.74) is 8.56. The summed E-state index contributed by atoms with van der Waals surface area (Å²) in [5, 5.41) is 0. The Hall–Kier alpha value is -4.12. The Morgan fingerprint density at radius 2 is 1.39 bits per heavy atom. The van der Waals surface area contributed by atoms with Crippen LogP contribution in [-0.2, 0) is 0 Å². The lowest BCUT2D eigenvalue weighted by molar-refractivity contribution is 0.909. The summed E-state index contributed by atoms with van der Waals surface area (Å²) in [4.78, 5) is 14.5. The number of fused-ring (bicyclic) bond motifs is 4. The van der Waals surface area contributed by atoms with Crippen molar-refractivity contribution in [2.75, 3.05) is 9.80 Å². The maximum Gasteiger partial charge on any atom is 0.256 e. The molecule has 0 bridgehead atoms. The maximum atomic E-state index is 4.90. The van der Waals surface area contributed by atoms with E-state index in [9.17, 15) is 0 Å². The van der Waals surface area contributed by atoms with Gasteiger partial charge in [-0.3, -0.25) is 9.80 Å². The molecule has 0 amide bonds. The smallest absolute Gasteiger partial charge is 0.256 e. The first-order chi connectivity index (χ1) is 16.4. The number of anilines is 5. The number of hydrogen-bond donors (Lipinski definition) is 0. The number of aromatic nitrogens is 2.